The summed E-state index contributed by atoms with van der Waals surface area (Å²) >= 11 is 0. The van der Waals surface area contributed by atoms with Gasteiger partial charge in [0.1, 0.15) is 30.3 Å². The van der Waals surface area contributed by atoms with E-state index in [-0.39, 0.29) is 19.0 Å². The predicted molar refractivity (Wildman–Crippen MR) is 85.9 cm³/mol. The van der Waals surface area contributed by atoms with Gasteiger partial charge >= 0.3 is 5.97 Å². The van der Waals surface area contributed by atoms with Gasteiger partial charge in [-0.1, -0.05) is 12.1 Å². The minimum absolute atomic E-state index is 0.0775. The molecule has 0 unspecified atom stereocenters. The molecule has 5 nitrogen and oxygen atoms in total. The third kappa shape index (κ3) is 4.19. The van der Waals surface area contributed by atoms with Gasteiger partial charge in [-0.3, -0.25) is 0 Å². The lowest BCUT2D eigenvalue weighted by molar-refractivity contribution is -0.138. The normalized spacial score (nSPS) is 11.0. The maximum atomic E-state index is 12.7. The third-order valence-electron chi connectivity index (χ3n) is 3.08. The van der Waals surface area contributed by atoms with Gasteiger partial charge in [0.2, 0.25) is 5.89 Å². The summed E-state index contributed by atoms with van der Waals surface area (Å²) in [7, 11) is 0. The first-order valence-electron chi connectivity index (χ1n) is 7.29. The van der Waals surface area contributed by atoms with Crippen LogP contribution in [0.4, 0.5) is 4.39 Å². The van der Waals surface area contributed by atoms with Crippen molar-refractivity contribution in [2.45, 2.75) is 0 Å². The summed E-state index contributed by atoms with van der Waals surface area (Å²) in [5.41, 5.74) is 1.37. The zero-order chi connectivity index (χ0) is 16.8. The Bertz CT molecular complexity index is 822. The van der Waals surface area contributed by atoms with Crippen molar-refractivity contribution in [3.63, 3.8) is 0 Å². The van der Waals surface area contributed by atoms with Gasteiger partial charge in [-0.15, -0.1) is 0 Å². The number of hydrogen-bond donors (Lipinski definition) is 0. The monoisotopic (exact) mass is 327 g/mol. The fourth-order valence-corrected chi connectivity index (χ4v) is 1.98. The number of aromatic nitrogens is 1. The van der Waals surface area contributed by atoms with E-state index < -0.39 is 5.97 Å². The number of benzene rings is 2. The molecule has 2 aromatic carbocycles. The van der Waals surface area contributed by atoms with Gasteiger partial charge in [0, 0.05) is 12.2 Å². The standard InChI is InChI=1S/C18H14FNO4/c19-13-5-7-14(8-6-13)22-11-12-23-18(21)10-9-17-20-15-3-1-2-4-16(15)24-17/h1-10H,11-12H2/b10-9+. The molecule has 1 aromatic heterocycles. The molecular weight excluding hydrogens is 313 g/mol. The van der Waals surface area contributed by atoms with Crippen LogP contribution in [0.25, 0.3) is 17.2 Å². The lowest BCUT2D eigenvalue weighted by Crippen LogP contribution is -2.10. The van der Waals surface area contributed by atoms with E-state index in [2.05, 4.69) is 4.98 Å². The number of halogens is 1. The zero-order valence-corrected chi connectivity index (χ0v) is 12.6. The highest BCUT2D eigenvalue weighted by Crippen LogP contribution is 2.15. The van der Waals surface area contributed by atoms with Crippen molar-refractivity contribution in [2.75, 3.05) is 13.2 Å². The van der Waals surface area contributed by atoms with Gasteiger partial charge in [0.15, 0.2) is 5.58 Å². The molecule has 0 radical (unpaired) electrons. The SMILES string of the molecule is O=C(/C=C/c1nc2ccccc2o1)OCCOc1ccc(F)cc1. The number of fused-ring (bicyclic) bond motifs is 1. The first-order chi connectivity index (χ1) is 11.7. The Kier molecular flexibility index (Phi) is 4.86. The maximum Gasteiger partial charge on any atom is 0.331 e. The lowest BCUT2D eigenvalue weighted by Gasteiger charge is -2.05. The second-order valence-electron chi connectivity index (χ2n) is 4.82. The first-order valence-corrected chi connectivity index (χ1v) is 7.29. The first kappa shape index (κ1) is 15.7. The Morgan fingerprint density at radius 1 is 1.12 bits per heavy atom. The maximum absolute atomic E-state index is 12.7. The van der Waals surface area contributed by atoms with E-state index in [1.54, 1.807) is 6.07 Å². The molecule has 0 atom stereocenters. The largest absolute Gasteiger partial charge is 0.490 e. The number of carbonyl (C=O) groups excluding carboxylic acids is 1. The van der Waals surface area contributed by atoms with Gasteiger partial charge in [0.05, 0.1) is 0 Å². The molecule has 0 spiro atoms. The second-order valence-corrected chi connectivity index (χ2v) is 4.82. The minimum Gasteiger partial charge on any atom is -0.490 e. The molecule has 0 saturated heterocycles. The van der Waals surface area contributed by atoms with E-state index in [1.165, 1.54) is 36.4 Å². The molecule has 6 heteroatoms. The van der Waals surface area contributed by atoms with Crippen molar-refractivity contribution in [3.8, 4) is 5.75 Å². The van der Waals surface area contributed by atoms with Crippen molar-refractivity contribution >= 4 is 23.1 Å². The Balaban J connectivity index is 1.44. The smallest absolute Gasteiger partial charge is 0.331 e. The van der Waals surface area contributed by atoms with E-state index in [9.17, 15) is 9.18 Å². The van der Waals surface area contributed by atoms with Crippen LogP contribution in [0.2, 0.25) is 0 Å². The van der Waals surface area contributed by atoms with Crippen molar-refractivity contribution in [1.29, 1.82) is 0 Å². The molecule has 0 aliphatic carbocycles. The molecule has 0 amide bonds. The third-order valence-corrected chi connectivity index (χ3v) is 3.08. The Hall–Kier alpha value is -3.15. The molecule has 24 heavy (non-hydrogen) atoms. The summed E-state index contributed by atoms with van der Waals surface area (Å²) in [6, 6.07) is 12.9. The van der Waals surface area contributed by atoms with Gasteiger partial charge in [-0.25, -0.2) is 14.2 Å². The molecule has 0 aliphatic rings. The molecule has 0 bridgehead atoms. The quantitative estimate of drug-likeness (QED) is 0.393. The van der Waals surface area contributed by atoms with Crippen LogP contribution in [0.3, 0.4) is 0 Å². The summed E-state index contributed by atoms with van der Waals surface area (Å²) in [6.45, 7) is 0.252. The number of para-hydroxylation sites is 2. The minimum atomic E-state index is -0.528. The van der Waals surface area contributed by atoms with Gasteiger partial charge in [-0.05, 0) is 36.4 Å². The molecule has 0 fully saturated rings. The molecule has 122 valence electrons. The van der Waals surface area contributed by atoms with Crippen LogP contribution >= 0.6 is 0 Å². The average Bonchev–Trinajstić information content (AvgIpc) is 3.01. The van der Waals surface area contributed by atoms with Crippen LogP contribution in [0, 0.1) is 5.82 Å². The Labute approximate surface area is 137 Å². The molecule has 0 saturated carbocycles. The van der Waals surface area contributed by atoms with Crippen LogP contribution in [0.5, 0.6) is 5.75 Å². The topological polar surface area (TPSA) is 61.6 Å². The number of rotatable bonds is 6. The van der Waals surface area contributed by atoms with Gasteiger partial charge in [0.25, 0.3) is 0 Å². The van der Waals surface area contributed by atoms with Crippen molar-refractivity contribution in [3.05, 3.63) is 66.3 Å². The van der Waals surface area contributed by atoms with E-state index in [0.29, 0.717) is 17.2 Å². The molecule has 0 aliphatic heterocycles. The lowest BCUT2D eigenvalue weighted by atomic mass is 10.3. The fraction of sp³-hybridized carbons (Fsp3) is 0.111. The van der Waals surface area contributed by atoms with Crippen LogP contribution < -0.4 is 4.74 Å². The van der Waals surface area contributed by atoms with Crippen molar-refractivity contribution in [1.82, 2.24) is 4.98 Å². The Morgan fingerprint density at radius 2 is 1.92 bits per heavy atom. The van der Waals surface area contributed by atoms with Crippen LogP contribution in [0.15, 0.2) is 59.0 Å². The zero-order valence-electron chi connectivity index (χ0n) is 12.6. The average molecular weight is 327 g/mol. The molecule has 1 heterocycles. The fourth-order valence-electron chi connectivity index (χ4n) is 1.98. The van der Waals surface area contributed by atoms with E-state index >= 15 is 0 Å². The summed E-state index contributed by atoms with van der Waals surface area (Å²) in [5.74, 6) is -0.0248. The summed E-state index contributed by atoms with van der Waals surface area (Å²) in [5, 5.41) is 0. The number of hydrogen-bond acceptors (Lipinski definition) is 5. The summed E-state index contributed by atoms with van der Waals surface area (Å²) in [6.07, 6.45) is 2.69. The van der Waals surface area contributed by atoms with Crippen LogP contribution in [-0.2, 0) is 9.53 Å². The van der Waals surface area contributed by atoms with Gasteiger partial charge < -0.3 is 13.9 Å². The van der Waals surface area contributed by atoms with Crippen LogP contribution in [-0.4, -0.2) is 24.2 Å². The predicted octanol–water partition coefficient (Wildman–Crippen LogP) is 3.60. The highest BCUT2D eigenvalue weighted by atomic mass is 19.1. The highest BCUT2D eigenvalue weighted by molar-refractivity contribution is 5.86. The number of carbonyl (C=O) groups is 1. The summed E-state index contributed by atoms with van der Waals surface area (Å²) < 4.78 is 28.5. The van der Waals surface area contributed by atoms with Crippen molar-refractivity contribution < 1.29 is 23.1 Å². The summed E-state index contributed by atoms with van der Waals surface area (Å²) in [4.78, 5) is 15.8. The number of oxazole rings is 1. The van der Waals surface area contributed by atoms with E-state index in [4.69, 9.17) is 13.9 Å². The molecule has 3 rings (SSSR count). The van der Waals surface area contributed by atoms with E-state index in [0.717, 1.165) is 5.52 Å². The second kappa shape index (κ2) is 7.41. The number of nitrogens with zero attached hydrogens (tertiary/aromatic N) is 1. The molecular formula is C18H14FNO4. The van der Waals surface area contributed by atoms with E-state index in [1.807, 2.05) is 18.2 Å². The Morgan fingerprint density at radius 3 is 2.71 bits per heavy atom. The number of esters is 1. The van der Waals surface area contributed by atoms with Gasteiger partial charge in [-0.2, -0.15) is 0 Å². The number of ether oxygens (including phenoxy) is 2. The van der Waals surface area contributed by atoms with Crippen LogP contribution in [0.1, 0.15) is 5.89 Å². The highest BCUT2D eigenvalue weighted by Gasteiger charge is 2.03. The molecule has 0 N–H and O–H groups in total. The molecule has 3 aromatic rings. The van der Waals surface area contributed by atoms with Crippen molar-refractivity contribution in [2.24, 2.45) is 0 Å².